The average molecular weight is 296 g/mol. The highest BCUT2D eigenvalue weighted by atomic mass is 16.7. The molecule has 1 N–H and O–H groups in total. The minimum Gasteiger partial charge on any atom is -0.350 e. The number of carbonyl (C=O) groups is 2. The molecule has 2 atom stereocenters. The van der Waals surface area contributed by atoms with Gasteiger partial charge in [0.1, 0.15) is 5.54 Å². The van der Waals surface area contributed by atoms with E-state index in [2.05, 4.69) is 19.2 Å². The third kappa shape index (κ3) is 2.79. The van der Waals surface area contributed by atoms with Crippen LogP contribution in [0.4, 0.5) is 4.79 Å². The maximum absolute atomic E-state index is 12.7. The zero-order valence-corrected chi connectivity index (χ0v) is 12.8. The predicted octanol–water partition coefficient (Wildman–Crippen LogP) is 1.50. The molecule has 118 valence electrons. The van der Waals surface area contributed by atoms with Crippen LogP contribution in [0.15, 0.2) is 0 Å². The summed E-state index contributed by atoms with van der Waals surface area (Å²) in [6.07, 6.45) is 2.87. The normalized spacial score (nSPS) is 37.5. The monoisotopic (exact) mass is 296 g/mol. The number of nitrogens with zero attached hydrogens (tertiary/aromatic N) is 1. The van der Waals surface area contributed by atoms with Gasteiger partial charge in [0.2, 0.25) is 0 Å². The van der Waals surface area contributed by atoms with E-state index in [0.29, 0.717) is 38.0 Å². The Balaban J connectivity index is 1.66. The van der Waals surface area contributed by atoms with Crippen molar-refractivity contribution < 1.29 is 19.1 Å². The van der Waals surface area contributed by atoms with Gasteiger partial charge in [0.05, 0.1) is 13.2 Å². The molecule has 0 unspecified atom stereocenters. The number of ether oxygens (including phenoxy) is 2. The van der Waals surface area contributed by atoms with Crippen molar-refractivity contribution >= 4 is 11.9 Å². The van der Waals surface area contributed by atoms with E-state index in [4.69, 9.17) is 9.47 Å². The number of urea groups is 1. The highest BCUT2D eigenvalue weighted by Crippen LogP contribution is 2.39. The Morgan fingerprint density at radius 2 is 1.81 bits per heavy atom. The summed E-state index contributed by atoms with van der Waals surface area (Å²) in [5.74, 6) is 0.850. The smallest absolute Gasteiger partial charge is 0.325 e. The van der Waals surface area contributed by atoms with Crippen molar-refractivity contribution in [2.75, 3.05) is 19.8 Å². The molecule has 6 nitrogen and oxygen atoms in total. The van der Waals surface area contributed by atoms with Crippen molar-refractivity contribution in [3.63, 3.8) is 0 Å². The van der Waals surface area contributed by atoms with Crippen LogP contribution in [0, 0.1) is 11.8 Å². The van der Waals surface area contributed by atoms with Gasteiger partial charge in [0.25, 0.3) is 5.91 Å². The number of hydrogen-bond donors (Lipinski definition) is 1. The third-order valence-corrected chi connectivity index (χ3v) is 4.72. The molecule has 3 fully saturated rings. The molecule has 1 aliphatic carbocycles. The lowest BCUT2D eigenvalue weighted by atomic mass is 9.71. The molecule has 3 amide bonds. The van der Waals surface area contributed by atoms with E-state index in [1.54, 1.807) is 0 Å². The molecule has 1 saturated carbocycles. The van der Waals surface area contributed by atoms with Crippen molar-refractivity contribution in [1.82, 2.24) is 10.2 Å². The van der Waals surface area contributed by atoms with Crippen molar-refractivity contribution in [1.29, 1.82) is 0 Å². The fraction of sp³-hybridized carbons (Fsp3) is 0.867. The molecule has 21 heavy (non-hydrogen) atoms. The van der Waals surface area contributed by atoms with E-state index in [1.807, 2.05) is 0 Å². The third-order valence-electron chi connectivity index (χ3n) is 4.72. The minimum atomic E-state index is -0.675. The highest BCUT2D eigenvalue weighted by molar-refractivity contribution is 6.07. The van der Waals surface area contributed by atoms with E-state index in [-0.39, 0.29) is 18.2 Å². The molecule has 0 aromatic carbocycles. The Morgan fingerprint density at radius 3 is 2.43 bits per heavy atom. The van der Waals surface area contributed by atoms with Gasteiger partial charge in [-0.05, 0) is 31.1 Å². The molecule has 0 radical (unpaired) electrons. The van der Waals surface area contributed by atoms with Gasteiger partial charge in [-0.3, -0.25) is 9.69 Å². The van der Waals surface area contributed by atoms with E-state index in [0.717, 1.165) is 19.3 Å². The summed E-state index contributed by atoms with van der Waals surface area (Å²) in [5.41, 5.74) is -0.675. The van der Waals surface area contributed by atoms with E-state index < -0.39 is 5.54 Å². The van der Waals surface area contributed by atoms with Crippen molar-refractivity contribution in [2.24, 2.45) is 11.8 Å². The van der Waals surface area contributed by atoms with Crippen LogP contribution >= 0.6 is 0 Å². The van der Waals surface area contributed by atoms with Gasteiger partial charge in [-0.15, -0.1) is 0 Å². The molecule has 2 saturated heterocycles. The van der Waals surface area contributed by atoms with Crippen LogP contribution in [0.25, 0.3) is 0 Å². The van der Waals surface area contributed by atoms with Crippen LogP contribution in [0.5, 0.6) is 0 Å². The number of hydrogen-bond acceptors (Lipinski definition) is 4. The van der Waals surface area contributed by atoms with Gasteiger partial charge in [-0.25, -0.2) is 4.79 Å². The summed E-state index contributed by atoms with van der Waals surface area (Å²) < 4.78 is 10.7. The molecule has 0 aromatic heterocycles. The van der Waals surface area contributed by atoms with Gasteiger partial charge >= 0.3 is 6.03 Å². The summed E-state index contributed by atoms with van der Waals surface area (Å²) in [6, 6.07) is -0.265. The van der Waals surface area contributed by atoms with Crippen LogP contribution in [0.1, 0.15) is 39.5 Å². The first-order valence-corrected chi connectivity index (χ1v) is 7.87. The molecule has 0 bridgehead atoms. The van der Waals surface area contributed by atoms with Crippen molar-refractivity contribution in [3.05, 3.63) is 0 Å². The molecule has 0 aromatic rings. The second-order valence-electron chi connectivity index (χ2n) is 6.78. The van der Waals surface area contributed by atoms with Crippen LogP contribution < -0.4 is 5.32 Å². The predicted molar refractivity (Wildman–Crippen MR) is 75.5 cm³/mol. The number of imide groups is 1. The maximum Gasteiger partial charge on any atom is 0.325 e. The van der Waals surface area contributed by atoms with Crippen LogP contribution in [-0.2, 0) is 14.3 Å². The highest BCUT2D eigenvalue weighted by Gasteiger charge is 2.53. The lowest BCUT2D eigenvalue weighted by Gasteiger charge is -2.37. The minimum absolute atomic E-state index is 0.0658. The Labute approximate surface area is 125 Å². The second kappa shape index (κ2) is 5.57. The first-order chi connectivity index (χ1) is 10.00. The molecule has 3 aliphatic rings. The number of rotatable bonds is 3. The first kappa shape index (κ1) is 14.8. The standard InChI is InChI=1S/C15H24N2O4/c1-10-7-11(2)9-15(8-10)13(18)17(14(19)16-15)4-3-12-20-5-6-21-12/h10-12H,3-9H2,1-2H3,(H,16,19)/t10-,11-/m1/s1. The van der Waals surface area contributed by atoms with E-state index in [1.165, 1.54) is 4.90 Å². The van der Waals surface area contributed by atoms with E-state index in [9.17, 15) is 9.59 Å². The van der Waals surface area contributed by atoms with Gasteiger partial charge in [-0.2, -0.15) is 0 Å². The summed E-state index contributed by atoms with van der Waals surface area (Å²) >= 11 is 0. The SMILES string of the molecule is C[C@@H]1C[C@@H](C)CC2(C1)NC(=O)N(CCC1OCCO1)C2=O. The second-order valence-corrected chi connectivity index (χ2v) is 6.78. The Morgan fingerprint density at radius 1 is 1.19 bits per heavy atom. The summed E-state index contributed by atoms with van der Waals surface area (Å²) in [7, 11) is 0. The van der Waals surface area contributed by atoms with Gasteiger partial charge in [0.15, 0.2) is 6.29 Å². The zero-order valence-electron chi connectivity index (χ0n) is 12.8. The van der Waals surface area contributed by atoms with Crippen LogP contribution in [0.2, 0.25) is 0 Å². The lowest BCUT2D eigenvalue weighted by Crippen LogP contribution is -2.52. The summed E-state index contributed by atoms with van der Waals surface area (Å²) in [4.78, 5) is 26.3. The average Bonchev–Trinajstić information content (AvgIpc) is 2.96. The molecule has 6 heteroatoms. The molecule has 2 aliphatic heterocycles. The van der Waals surface area contributed by atoms with E-state index >= 15 is 0 Å². The van der Waals surface area contributed by atoms with Crippen LogP contribution in [0.3, 0.4) is 0 Å². The van der Waals surface area contributed by atoms with Crippen molar-refractivity contribution in [3.8, 4) is 0 Å². The maximum atomic E-state index is 12.7. The van der Waals surface area contributed by atoms with Gasteiger partial charge < -0.3 is 14.8 Å². The zero-order chi connectivity index (χ0) is 15.0. The Bertz CT molecular complexity index is 423. The van der Waals surface area contributed by atoms with Gasteiger partial charge in [0, 0.05) is 13.0 Å². The molecule has 3 rings (SSSR count). The Kier molecular flexibility index (Phi) is 3.92. The fourth-order valence-electron chi connectivity index (χ4n) is 4.09. The molecular weight excluding hydrogens is 272 g/mol. The summed E-state index contributed by atoms with van der Waals surface area (Å²) in [6.45, 7) is 5.84. The number of carbonyl (C=O) groups excluding carboxylic acids is 2. The van der Waals surface area contributed by atoms with Crippen LogP contribution in [-0.4, -0.2) is 48.4 Å². The summed E-state index contributed by atoms with van der Waals surface area (Å²) in [5, 5.41) is 2.96. The largest absolute Gasteiger partial charge is 0.350 e. The number of nitrogens with one attached hydrogen (secondary N) is 1. The first-order valence-electron chi connectivity index (χ1n) is 7.87. The number of amides is 3. The van der Waals surface area contributed by atoms with Gasteiger partial charge in [-0.1, -0.05) is 13.8 Å². The molecule has 1 spiro atoms. The quantitative estimate of drug-likeness (QED) is 0.801. The topological polar surface area (TPSA) is 67.9 Å². The Hall–Kier alpha value is -1.14. The molecular formula is C15H24N2O4. The fourth-order valence-corrected chi connectivity index (χ4v) is 4.09. The molecule has 2 heterocycles. The lowest BCUT2D eigenvalue weighted by molar-refractivity contribution is -0.134. The van der Waals surface area contributed by atoms with Crippen molar-refractivity contribution in [2.45, 2.75) is 51.4 Å².